The minimum Gasteiger partial charge on any atom is -0.493 e. The molecule has 0 radical (unpaired) electrons. The Labute approximate surface area is 221 Å². The summed E-state index contributed by atoms with van der Waals surface area (Å²) in [5.74, 6) is 1.15. The molecule has 8 heteroatoms. The Hall–Kier alpha value is -4.85. The summed E-state index contributed by atoms with van der Waals surface area (Å²) in [5, 5.41) is 6.50. The Bertz CT molecular complexity index is 1610. The molecule has 0 aliphatic rings. The number of amides is 1. The standard InChI is InChI=1S/C30H29N5O3/c1-19-12-22(17-31-16-19)30(36)34-23-7-5-6-21(13-23)20(2)33-24-14-27-26(32-18-24)10-11-35(27)25-8-9-28(37-3)29(15-25)38-4/h5-18,20,33H,1-4H3,(H,34,36)/t20-/m0/s1. The van der Waals surface area contributed by atoms with Crippen LogP contribution in [0, 0.1) is 6.92 Å². The van der Waals surface area contributed by atoms with Crippen LogP contribution in [0.15, 0.2) is 85.5 Å². The van der Waals surface area contributed by atoms with Crippen LogP contribution in [0.25, 0.3) is 16.7 Å². The second-order valence-electron chi connectivity index (χ2n) is 9.05. The molecule has 0 bridgehead atoms. The second kappa shape index (κ2) is 10.6. The summed E-state index contributed by atoms with van der Waals surface area (Å²) < 4.78 is 12.9. The monoisotopic (exact) mass is 507 g/mol. The summed E-state index contributed by atoms with van der Waals surface area (Å²) in [5.41, 5.74) is 6.88. The Morgan fingerprint density at radius 1 is 0.921 bits per heavy atom. The summed E-state index contributed by atoms with van der Waals surface area (Å²) in [6.45, 7) is 3.98. The largest absolute Gasteiger partial charge is 0.493 e. The van der Waals surface area contributed by atoms with Gasteiger partial charge >= 0.3 is 0 Å². The summed E-state index contributed by atoms with van der Waals surface area (Å²) in [6, 6.07) is 19.5. The first-order valence-corrected chi connectivity index (χ1v) is 12.2. The SMILES string of the molecule is COc1ccc(-n2ccc3ncc(N[C@@H](C)c4cccc(NC(=O)c5cncc(C)c5)c4)cc32)cc1OC. The summed E-state index contributed by atoms with van der Waals surface area (Å²) in [4.78, 5) is 21.4. The van der Waals surface area contributed by atoms with Gasteiger partial charge in [-0.25, -0.2) is 0 Å². The van der Waals surface area contributed by atoms with Gasteiger partial charge in [0, 0.05) is 42.1 Å². The van der Waals surface area contributed by atoms with Crippen LogP contribution in [-0.4, -0.2) is 34.7 Å². The van der Waals surface area contributed by atoms with Crippen LogP contribution in [0.2, 0.25) is 0 Å². The molecule has 0 aliphatic heterocycles. The average molecular weight is 508 g/mol. The number of nitrogens with one attached hydrogen (secondary N) is 2. The van der Waals surface area contributed by atoms with Gasteiger partial charge in [0.1, 0.15) is 0 Å². The molecule has 2 N–H and O–H groups in total. The zero-order chi connectivity index (χ0) is 26.6. The van der Waals surface area contributed by atoms with Gasteiger partial charge in [-0.15, -0.1) is 0 Å². The van der Waals surface area contributed by atoms with Crippen molar-refractivity contribution in [2.75, 3.05) is 24.9 Å². The molecule has 5 aromatic rings. The molecule has 192 valence electrons. The smallest absolute Gasteiger partial charge is 0.257 e. The van der Waals surface area contributed by atoms with Crippen molar-refractivity contribution in [2.24, 2.45) is 0 Å². The Balaban J connectivity index is 1.36. The number of hydrogen-bond acceptors (Lipinski definition) is 6. The van der Waals surface area contributed by atoms with Crippen LogP contribution in [0.4, 0.5) is 11.4 Å². The van der Waals surface area contributed by atoms with Gasteiger partial charge in [0.05, 0.1) is 42.7 Å². The minimum absolute atomic E-state index is 0.0313. The molecule has 0 spiro atoms. The fourth-order valence-electron chi connectivity index (χ4n) is 4.39. The Morgan fingerprint density at radius 3 is 2.55 bits per heavy atom. The molecule has 38 heavy (non-hydrogen) atoms. The average Bonchev–Trinajstić information content (AvgIpc) is 3.36. The van der Waals surface area contributed by atoms with Crippen LogP contribution >= 0.6 is 0 Å². The minimum atomic E-state index is -0.190. The molecule has 0 fully saturated rings. The fraction of sp³-hybridized carbons (Fsp3) is 0.167. The highest BCUT2D eigenvalue weighted by atomic mass is 16.5. The number of aryl methyl sites for hydroxylation is 1. The van der Waals surface area contributed by atoms with Crippen molar-refractivity contribution in [1.29, 1.82) is 0 Å². The number of fused-ring (bicyclic) bond motifs is 1. The van der Waals surface area contributed by atoms with E-state index in [2.05, 4.69) is 38.2 Å². The number of nitrogens with zero attached hydrogens (tertiary/aromatic N) is 3. The van der Waals surface area contributed by atoms with Crippen LogP contribution in [0.1, 0.15) is 34.5 Å². The highest BCUT2D eigenvalue weighted by Crippen LogP contribution is 2.31. The lowest BCUT2D eigenvalue weighted by molar-refractivity contribution is 0.102. The highest BCUT2D eigenvalue weighted by molar-refractivity contribution is 6.04. The van der Waals surface area contributed by atoms with Crippen LogP contribution in [0.5, 0.6) is 11.5 Å². The molecule has 3 aromatic heterocycles. The van der Waals surface area contributed by atoms with Gasteiger partial charge in [0.15, 0.2) is 11.5 Å². The topological polar surface area (TPSA) is 90.3 Å². The highest BCUT2D eigenvalue weighted by Gasteiger charge is 2.13. The van der Waals surface area contributed by atoms with E-state index >= 15 is 0 Å². The lowest BCUT2D eigenvalue weighted by atomic mass is 10.1. The molecule has 8 nitrogen and oxygen atoms in total. The zero-order valence-electron chi connectivity index (χ0n) is 21.7. The molecule has 2 aromatic carbocycles. The van der Waals surface area contributed by atoms with E-state index in [-0.39, 0.29) is 11.9 Å². The maximum absolute atomic E-state index is 12.7. The summed E-state index contributed by atoms with van der Waals surface area (Å²) in [7, 11) is 3.25. The van der Waals surface area contributed by atoms with Gasteiger partial charge in [-0.2, -0.15) is 0 Å². The maximum Gasteiger partial charge on any atom is 0.257 e. The van der Waals surface area contributed by atoms with Gasteiger partial charge in [0.2, 0.25) is 0 Å². The summed E-state index contributed by atoms with van der Waals surface area (Å²) in [6.07, 6.45) is 7.11. The number of carbonyl (C=O) groups is 1. The number of ether oxygens (including phenoxy) is 2. The molecular formula is C30H29N5O3. The van der Waals surface area contributed by atoms with E-state index < -0.39 is 0 Å². The van der Waals surface area contributed by atoms with Gasteiger partial charge < -0.3 is 24.7 Å². The molecule has 0 aliphatic carbocycles. The van der Waals surface area contributed by atoms with E-state index in [1.807, 2.05) is 73.9 Å². The van der Waals surface area contributed by atoms with E-state index in [4.69, 9.17) is 9.47 Å². The number of pyridine rings is 2. The van der Waals surface area contributed by atoms with E-state index in [9.17, 15) is 4.79 Å². The van der Waals surface area contributed by atoms with Crippen molar-refractivity contribution in [3.63, 3.8) is 0 Å². The van der Waals surface area contributed by atoms with Gasteiger partial charge in [-0.3, -0.25) is 14.8 Å². The molecule has 1 atom stereocenters. The van der Waals surface area contributed by atoms with Gasteiger partial charge in [-0.1, -0.05) is 12.1 Å². The number of carbonyl (C=O) groups excluding carboxylic acids is 1. The Morgan fingerprint density at radius 2 is 1.76 bits per heavy atom. The van der Waals surface area contributed by atoms with Crippen molar-refractivity contribution in [2.45, 2.75) is 19.9 Å². The number of aromatic nitrogens is 3. The van der Waals surface area contributed by atoms with E-state index in [0.29, 0.717) is 17.1 Å². The lowest BCUT2D eigenvalue weighted by Gasteiger charge is -2.17. The lowest BCUT2D eigenvalue weighted by Crippen LogP contribution is -2.13. The first-order valence-electron chi connectivity index (χ1n) is 12.2. The van der Waals surface area contributed by atoms with Crippen molar-refractivity contribution >= 4 is 28.3 Å². The van der Waals surface area contributed by atoms with Crippen molar-refractivity contribution < 1.29 is 14.3 Å². The fourth-order valence-corrected chi connectivity index (χ4v) is 4.39. The van der Waals surface area contributed by atoms with Gasteiger partial charge in [-0.05, 0) is 67.4 Å². The molecular weight excluding hydrogens is 478 g/mol. The molecule has 0 unspecified atom stereocenters. The van der Waals surface area contributed by atoms with E-state index in [1.54, 1.807) is 26.6 Å². The van der Waals surface area contributed by atoms with Crippen molar-refractivity contribution in [3.05, 3.63) is 102 Å². The molecule has 5 rings (SSSR count). The summed E-state index contributed by atoms with van der Waals surface area (Å²) >= 11 is 0. The predicted molar refractivity (Wildman–Crippen MR) is 150 cm³/mol. The molecule has 1 amide bonds. The van der Waals surface area contributed by atoms with Crippen LogP contribution in [-0.2, 0) is 0 Å². The zero-order valence-corrected chi connectivity index (χ0v) is 21.7. The second-order valence-corrected chi connectivity index (χ2v) is 9.05. The van der Waals surface area contributed by atoms with Gasteiger partial charge in [0.25, 0.3) is 5.91 Å². The Kier molecular flexibility index (Phi) is 6.95. The molecule has 0 saturated heterocycles. The third-order valence-electron chi connectivity index (χ3n) is 6.35. The van der Waals surface area contributed by atoms with Crippen molar-refractivity contribution in [3.8, 4) is 17.2 Å². The quantitative estimate of drug-likeness (QED) is 0.261. The first kappa shape index (κ1) is 24.8. The number of benzene rings is 2. The molecule has 3 heterocycles. The normalized spacial score (nSPS) is 11.7. The third kappa shape index (κ3) is 5.15. The maximum atomic E-state index is 12.7. The number of methoxy groups -OCH3 is 2. The van der Waals surface area contributed by atoms with Crippen molar-refractivity contribution in [1.82, 2.24) is 14.5 Å². The molecule has 0 saturated carbocycles. The number of hydrogen-bond donors (Lipinski definition) is 2. The van der Waals surface area contributed by atoms with E-state index in [1.165, 1.54) is 0 Å². The van der Waals surface area contributed by atoms with Crippen LogP contribution in [0.3, 0.4) is 0 Å². The number of anilines is 2. The predicted octanol–water partition coefficient (Wildman–Crippen LogP) is 6.17. The number of rotatable bonds is 8. The van der Waals surface area contributed by atoms with Crippen LogP contribution < -0.4 is 20.1 Å². The third-order valence-corrected chi connectivity index (χ3v) is 6.35. The van der Waals surface area contributed by atoms with E-state index in [0.717, 1.165) is 39.2 Å². The first-order chi connectivity index (χ1) is 18.4.